The first-order valence-electron chi connectivity index (χ1n) is 5.73. The van der Waals surface area contributed by atoms with Crippen LogP contribution in [0.5, 0.6) is 0 Å². The maximum Gasteiger partial charge on any atom is 0.251 e. The fourth-order valence-electron chi connectivity index (χ4n) is 1.87. The summed E-state index contributed by atoms with van der Waals surface area (Å²) in [5, 5.41) is 0. The predicted molar refractivity (Wildman–Crippen MR) is 70.3 cm³/mol. The molecule has 0 saturated heterocycles. The molecule has 4 heteroatoms. The van der Waals surface area contributed by atoms with E-state index in [2.05, 4.69) is 0 Å². The minimum Gasteiger partial charge on any atom is -0.366 e. The first-order chi connectivity index (χ1) is 8.63. The molecule has 1 amide bonds. The zero-order valence-electron chi connectivity index (χ0n) is 10.1. The molecule has 4 nitrogen and oxygen atoms in total. The fourth-order valence-corrected chi connectivity index (χ4v) is 1.87. The topological polar surface area (TPSA) is 65.1 Å². The summed E-state index contributed by atoms with van der Waals surface area (Å²) in [5.74, 6) is -0.531. The Hall–Kier alpha value is -2.36. The zero-order valence-corrected chi connectivity index (χ0v) is 10.1. The van der Waals surface area contributed by atoms with Crippen molar-refractivity contribution in [1.29, 1.82) is 0 Å². The van der Waals surface area contributed by atoms with E-state index in [0.717, 1.165) is 5.56 Å². The van der Waals surface area contributed by atoms with E-state index in [1.807, 2.05) is 37.3 Å². The van der Waals surface area contributed by atoms with Gasteiger partial charge >= 0.3 is 0 Å². The summed E-state index contributed by atoms with van der Waals surface area (Å²) in [6.07, 6.45) is 1.52. The quantitative estimate of drug-likeness (QED) is 0.889. The maximum absolute atomic E-state index is 11.8. The highest BCUT2D eigenvalue weighted by atomic mass is 16.1. The number of aromatic nitrogens is 1. The van der Waals surface area contributed by atoms with E-state index < -0.39 is 5.91 Å². The largest absolute Gasteiger partial charge is 0.366 e. The molecule has 0 bridgehead atoms. The van der Waals surface area contributed by atoms with Crippen molar-refractivity contribution in [3.8, 4) is 11.1 Å². The Kier molecular flexibility index (Phi) is 3.28. The Balaban J connectivity index is 2.70. The molecule has 0 unspecified atom stereocenters. The number of carbonyl (C=O) groups is 1. The van der Waals surface area contributed by atoms with Crippen LogP contribution in [0.1, 0.15) is 17.3 Å². The molecule has 1 aromatic heterocycles. The number of amides is 1. The molecule has 92 valence electrons. The van der Waals surface area contributed by atoms with Crippen LogP contribution in [-0.2, 0) is 6.54 Å². The van der Waals surface area contributed by atoms with E-state index in [0.29, 0.717) is 17.7 Å². The van der Waals surface area contributed by atoms with Crippen LogP contribution in [0.25, 0.3) is 11.1 Å². The molecule has 0 fully saturated rings. The lowest BCUT2D eigenvalue weighted by molar-refractivity contribution is 0.1000. The van der Waals surface area contributed by atoms with E-state index in [1.54, 1.807) is 0 Å². The third-order valence-corrected chi connectivity index (χ3v) is 2.82. The van der Waals surface area contributed by atoms with Gasteiger partial charge < -0.3 is 10.3 Å². The molecular formula is C14H14N2O2. The highest BCUT2D eigenvalue weighted by molar-refractivity contribution is 5.99. The van der Waals surface area contributed by atoms with Gasteiger partial charge in [-0.1, -0.05) is 30.3 Å². The van der Waals surface area contributed by atoms with Crippen molar-refractivity contribution in [2.45, 2.75) is 13.5 Å². The molecule has 0 radical (unpaired) electrons. The number of nitrogens with two attached hydrogens (primary N) is 1. The molecule has 0 aliphatic rings. The summed E-state index contributed by atoms with van der Waals surface area (Å²) < 4.78 is 1.46. The van der Waals surface area contributed by atoms with Gasteiger partial charge in [0.2, 0.25) is 0 Å². The van der Waals surface area contributed by atoms with Gasteiger partial charge in [-0.25, -0.2) is 0 Å². The summed E-state index contributed by atoms with van der Waals surface area (Å²) >= 11 is 0. The average molecular weight is 242 g/mol. The van der Waals surface area contributed by atoms with Crippen molar-refractivity contribution < 1.29 is 4.79 Å². The third kappa shape index (κ3) is 2.18. The number of rotatable bonds is 3. The lowest BCUT2D eigenvalue weighted by Gasteiger charge is -2.10. The summed E-state index contributed by atoms with van der Waals surface area (Å²) in [4.78, 5) is 23.3. The second kappa shape index (κ2) is 4.87. The van der Waals surface area contributed by atoms with Crippen LogP contribution in [-0.4, -0.2) is 10.5 Å². The van der Waals surface area contributed by atoms with Gasteiger partial charge in [0.05, 0.1) is 5.56 Å². The van der Waals surface area contributed by atoms with Crippen LogP contribution >= 0.6 is 0 Å². The Bertz CT molecular complexity index is 630. The predicted octanol–water partition coefficient (Wildman–Crippen LogP) is 1.63. The second-order valence-corrected chi connectivity index (χ2v) is 3.96. The Morgan fingerprint density at radius 3 is 2.50 bits per heavy atom. The fraction of sp³-hybridized carbons (Fsp3) is 0.143. The summed E-state index contributed by atoms with van der Waals surface area (Å²) in [6, 6.07) is 10.7. The first kappa shape index (κ1) is 12.1. The van der Waals surface area contributed by atoms with Crippen LogP contribution < -0.4 is 11.3 Å². The van der Waals surface area contributed by atoms with Crippen molar-refractivity contribution in [2.24, 2.45) is 5.73 Å². The summed E-state index contributed by atoms with van der Waals surface area (Å²) in [6.45, 7) is 2.35. The van der Waals surface area contributed by atoms with Gasteiger partial charge in [-0.05, 0) is 12.5 Å². The normalized spacial score (nSPS) is 10.3. The van der Waals surface area contributed by atoms with Crippen molar-refractivity contribution in [2.75, 3.05) is 0 Å². The number of pyridine rings is 1. The number of nitrogens with zero attached hydrogens (tertiary/aromatic N) is 1. The smallest absolute Gasteiger partial charge is 0.251 e. The van der Waals surface area contributed by atoms with Gasteiger partial charge in [-0.2, -0.15) is 0 Å². The minimum absolute atomic E-state index is 0.138. The monoisotopic (exact) mass is 242 g/mol. The molecule has 18 heavy (non-hydrogen) atoms. The Morgan fingerprint density at radius 1 is 1.28 bits per heavy atom. The van der Waals surface area contributed by atoms with Gasteiger partial charge in [0.15, 0.2) is 0 Å². The Morgan fingerprint density at radius 2 is 1.94 bits per heavy atom. The van der Waals surface area contributed by atoms with Gasteiger partial charge in [-0.15, -0.1) is 0 Å². The highest BCUT2D eigenvalue weighted by Crippen LogP contribution is 2.21. The van der Waals surface area contributed by atoms with Crippen molar-refractivity contribution >= 4 is 5.91 Å². The van der Waals surface area contributed by atoms with Crippen LogP contribution in [0.4, 0.5) is 0 Å². The van der Waals surface area contributed by atoms with E-state index in [1.165, 1.54) is 16.8 Å². The molecule has 1 aromatic carbocycles. The number of aryl methyl sites for hydroxylation is 1. The van der Waals surface area contributed by atoms with Crippen molar-refractivity contribution in [3.05, 3.63) is 58.5 Å². The second-order valence-electron chi connectivity index (χ2n) is 3.96. The van der Waals surface area contributed by atoms with E-state index in [4.69, 9.17) is 5.73 Å². The van der Waals surface area contributed by atoms with E-state index in [9.17, 15) is 9.59 Å². The molecule has 2 N–H and O–H groups in total. The number of hydrogen-bond donors (Lipinski definition) is 1. The van der Waals surface area contributed by atoms with Crippen molar-refractivity contribution in [3.63, 3.8) is 0 Å². The third-order valence-electron chi connectivity index (χ3n) is 2.82. The summed E-state index contributed by atoms with van der Waals surface area (Å²) in [7, 11) is 0. The highest BCUT2D eigenvalue weighted by Gasteiger charge is 2.12. The maximum atomic E-state index is 11.8. The number of hydrogen-bond acceptors (Lipinski definition) is 2. The molecule has 2 aromatic rings. The van der Waals surface area contributed by atoms with Crippen LogP contribution in [0.2, 0.25) is 0 Å². The van der Waals surface area contributed by atoms with E-state index >= 15 is 0 Å². The average Bonchev–Trinajstić information content (AvgIpc) is 2.39. The first-order valence-corrected chi connectivity index (χ1v) is 5.73. The molecule has 1 heterocycles. The van der Waals surface area contributed by atoms with Crippen molar-refractivity contribution in [1.82, 2.24) is 4.57 Å². The Labute approximate surface area is 105 Å². The van der Waals surface area contributed by atoms with Gasteiger partial charge in [0.1, 0.15) is 0 Å². The van der Waals surface area contributed by atoms with Gasteiger partial charge in [-0.3, -0.25) is 9.59 Å². The molecule has 0 aliphatic carbocycles. The molecule has 0 saturated carbocycles. The molecule has 0 spiro atoms. The zero-order chi connectivity index (χ0) is 13.1. The number of primary amides is 1. The standard InChI is InChI=1S/C14H14N2O2/c1-2-16-9-12(14(15)18)11(8-13(16)17)10-6-4-3-5-7-10/h3-9H,2H2,1H3,(H2,15,18). The van der Waals surface area contributed by atoms with Crippen LogP contribution in [0.3, 0.4) is 0 Å². The number of benzene rings is 1. The molecule has 2 rings (SSSR count). The summed E-state index contributed by atoms with van der Waals surface area (Å²) in [5.41, 5.74) is 6.99. The van der Waals surface area contributed by atoms with E-state index in [-0.39, 0.29) is 5.56 Å². The van der Waals surface area contributed by atoms with Crippen LogP contribution in [0, 0.1) is 0 Å². The van der Waals surface area contributed by atoms with Gasteiger partial charge in [0.25, 0.3) is 11.5 Å². The lowest BCUT2D eigenvalue weighted by Crippen LogP contribution is -2.23. The lowest BCUT2D eigenvalue weighted by atomic mass is 10.0. The van der Waals surface area contributed by atoms with Gasteiger partial charge in [0, 0.05) is 24.4 Å². The number of carbonyl (C=O) groups excluding carboxylic acids is 1. The molecular weight excluding hydrogens is 228 g/mol. The minimum atomic E-state index is -0.531. The molecule has 0 aliphatic heterocycles. The van der Waals surface area contributed by atoms with Crippen LogP contribution in [0.15, 0.2) is 47.4 Å². The molecule has 0 atom stereocenters. The SMILES string of the molecule is CCn1cc(C(N)=O)c(-c2ccccc2)cc1=O.